The third-order valence-electron chi connectivity index (χ3n) is 1.78. The second-order valence-electron chi connectivity index (χ2n) is 2.96. The summed E-state index contributed by atoms with van der Waals surface area (Å²) in [6, 6.07) is 8.38. The minimum atomic E-state index is 0.927. The van der Waals surface area contributed by atoms with Crippen LogP contribution in [0.25, 0.3) is 0 Å². The second kappa shape index (κ2) is 4.24. The Hall–Kier alpha value is -1.35. The summed E-state index contributed by atoms with van der Waals surface area (Å²) < 4.78 is 0. The highest BCUT2D eigenvalue weighted by Crippen LogP contribution is 2.24. The van der Waals surface area contributed by atoms with Crippen molar-refractivity contribution in [3.63, 3.8) is 0 Å². The molecule has 0 radical (unpaired) electrons. The van der Waals surface area contributed by atoms with E-state index in [0.29, 0.717) is 0 Å². The zero-order chi connectivity index (χ0) is 9.80. The van der Waals surface area contributed by atoms with Gasteiger partial charge in [0.05, 0.1) is 6.20 Å². The molecule has 0 fully saturated rings. The second-order valence-corrected chi connectivity index (χ2v) is 4.05. The van der Waals surface area contributed by atoms with Crippen molar-refractivity contribution >= 4 is 11.8 Å². The summed E-state index contributed by atoms with van der Waals surface area (Å²) in [5.41, 5.74) is 1.27. The molecule has 0 aliphatic carbocycles. The third kappa shape index (κ3) is 2.33. The van der Waals surface area contributed by atoms with Crippen LogP contribution in [-0.2, 0) is 0 Å². The normalized spacial score (nSPS) is 10.1. The molecule has 0 spiro atoms. The first-order valence-corrected chi connectivity index (χ1v) is 5.17. The summed E-state index contributed by atoms with van der Waals surface area (Å²) >= 11 is 1.62. The fourth-order valence-corrected chi connectivity index (χ4v) is 1.81. The Labute approximate surface area is 87.4 Å². The average molecular weight is 202 g/mol. The Balaban J connectivity index is 2.16. The van der Waals surface area contributed by atoms with Gasteiger partial charge in [-0.05, 0) is 19.1 Å². The quantitative estimate of drug-likeness (QED) is 0.748. The summed E-state index contributed by atoms with van der Waals surface area (Å²) in [5.74, 6) is 0. The molecule has 0 amide bonds. The molecule has 0 aliphatic rings. The van der Waals surface area contributed by atoms with Gasteiger partial charge in [-0.1, -0.05) is 29.5 Å². The summed E-state index contributed by atoms with van der Waals surface area (Å²) in [6.45, 7) is 2.08. The largest absolute Gasteiger partial charge is 0.260 e. The van der Waals surface area contributed by atoms with E-state index in [2.05, 4.69) is 41.2 Å². The highest BCUT2D eigenvalue weighted by Gasteiger charge is 1.96. The van der Waals surface area contributed by atoms with E-state index < -0.39 is 0 Å². The molecule has 0 unspecified atom stereocenters. The Morgan fingerprint density at radius 1 is 1.07 bits per heavy atom. The van der Waals surface area contributed by atoms with Gasteiger partial charge in [0.15, 0.2) is 0 Å². The molecule has 0 N–H and O–H groups in total. The zero-order valence-electron chi connectivity index (χ0n) is 7.84. The highest BCUT2D eigenvalue weighted by atomic mass is 32.2. The Bertz CT molecular complexity index is 397. The van der Waals surface area contributed by atoms with Crippen molar-refractivity contribution < 1.29 is 0 Å². The van der Waals surface area contributed by atoms with E-state index >= 15 is 0 Å². The monoisotopic (exact) mass is 202 g/mol. The molecular formula is C11H10N2S. The smallest absolute Gasteiger partial charge is 0.119 e. The molecule has 1 aromatic heterocycles. The van der Waals surface area contributed by atoms with Crippen LogP contribution < -0.4 is 0 Å². The maximum absolute atomic E-state index is 4.20. The van der Waals surface area contributed by atoms with Gasteiger partial charge in [-0.3, -0.25) is 4.98 Å². The van der Waals surface area contributed by atoms with Crippen LogP contribution in [0.4, 0.5) is 0 Å². The third-order valence-corrected chi connectivity index (χ3v) is 2.71. The average Bonchev–Trinajstić information content (AvgIpc) is 2.23. The fourth-order valence-electron chi connectivity index (χ4n) is 1.07. The van der Waals surface area contributed by atoms with Gasteiger partial charge in [-0.2, -0.15) is 0 Å². The van der Waals surface area contributed by atoms with E-state index in [1.807, 2.05) is 0 Å². The van der Waals surface area contributed by atoms with E-state index in [1.165, 1.54) is 10.5 Å². The lowest BCUT2D eigenvalue weighted by atomic mass is 10.2. The van der Waals surface area contributed by atoms with E-state index in [-0.39, 0.29) is 0 Å². The number of benzene rings is 1. The zero-order valence-corrected chi connectivity index (χ0v) is 8.66. The van der Waals surface area contributed by atoms with Crippen LogP contribution in [-0.4, -0.2) is 9.97 Å². The molecule has 0 saturated heterocycles. The molecule has 0 saturated carbocycles. The number of rotatable bonds is 2. The van der Waals surface area contributed by atoms with Crippen LogP contribution >= 0.6 is 11.8 Å². The molecule has 0 bridgehead atoms. The van der Waals surface area contributed by atoms with E-state index in [0.717, 1.165) is 5.03 Å². The molecule has 70 valence electrons. The Morgan fingerprint density at radius 3 is 2.50 bits per heavy atom. The lowest BCUT2D eigenvalue weighted by Gasteiger charge is -1.99. The van der Waals surface area contributed by atoms with Crippen LogP contribution in [0.15, 0.2) is 52.8 Å². The van der Waals surface area contributed by atoms with Gasteiger partial charge >= 0.3 is 0 Å². The van der Waals surface area contributed by atoms with Gasteiger partial charge in [-0.25, -0.2) is 4.98 Å². The predicted molar refractivity (Wildman–Crippen MR) is 57.3 cm³/mol. The summed E-state index contributed by atoms with van der Waals surface area (Å²) in [5, 5.41) is 0.927. The number of nitrogens with zero attached hydrogens (tertiary/aromatic N) is 2. The number of aromatic nitrogens is 2. The maximum atomic E-state index is 4.20. The van der Waals surface area contributed by atoms with Gasteiger partial charge < -0.3 is 0 Å². The van der Waals surface area contributed by atoms with Crippen molar-refractivity contribution in [1.82, 2.24) is 9.97 Å². The summed E-state index contributed by atoms with van der Waals surface area (Å²) in [7, 11) is 0. The van der Waals surface area contributed by atoms with Crippen molar-refractivity contribution in [2.45, 2.75) is 16.8 Å². The number of hydrogen-bond acceptors (Lipinski definition) is 3. The first-order chi connectivity index (χ1) is 6.84. The van der Waals surface area contributed by atoms with Crippen molar-refractivity contribution in [1.29, 1.82) is 0 Å². The van der Waals surface area contributed by atoms with Crippen molar-refractivity contribution in [3.8, 4) is 0 Å². The van der Waals surface area contributed by atoms with Crippen LogP contribution in [0.2, 0.25) is 0 Å². The van der Waals surface area contributed by atoms with Crippen molar-refractivity contribution in [2.75, 3.05) is 0 Å². The minimum absolute atomic E-state index is 0.927. The summed E-state index contributed by atoms with van der Waals surface area (Å²) in [6.07, 6.45) is 5.15. The number of aryl methyl sites for hydroxylation is 1. The van der Waals surface area contributed by atoms with Crippen molar-refractivity contribution in [3.05, 3.63) is 48.4 Å². The molecule has 2 aromatic rings. The molecule has 3 heteroatoms. The van der Waals surface area contributed by atoms with E-state index in [9.17, 15) is 0 Å². The van der Waals surface area contributed by atoms with Crippen LogP contribution in [0.3, 0.4) is 0 Å². The van der Waals surface area contributed by atoms with E-state index in [4.69, 9.17) is 0 Å². The van der Waals surface area contributed by atoms with Crippen LogP contribution in [0.1, 0.15) is 5.56 Å². The topological polar surface area (TPSA) is 25.8 Å². The SMILES string of the molecule is Cc1ccc(Sc2cnccn2)cc1. The minimum Gasteiger partial charge on any atom is -0.260 e. The molecule has 0 aliphatic heterocycles. The van der Waals surface area contributed by atoms with Crippen molar-refractivity contribution in [2.24, 2.45) is 0 Å². The maximum Gasteiger partial charge on any atom is 0.119 e. The molecule has 1 heterocycles. The Kier molecular flexibility index (Phi) is 2.79. The molecule has 2 nitrogen and oxygen atoms in total. The van der Waals surface area contributed by atoms with Gasteiger partial charge in [0.2, 0.25) is 0 Å². The highest BCUT2D eigenvalue weighted by molar-refractivity contribution is 7.99. The van der Waals surface area contributed by atoms with Crippen LogP contribution in [0.5, 0.6) is 0 Å². The predicted octanol–water partition coefficient (Wildman–Crippen LogP) is 2.94. The van der Waals surface area contributed by atoms with Gasteiger partial charge in [0.25, 0.3) is 0 Å². The Morgan fingerprint density at radius 2 is 1.86 bits per heavy atom. The lowest BCUT2D eigenvalue weighted by Crippen LogP contribution is -1.80. The van der Waals surface area contributed by atoms with Gasteiger partial charge in [-0.15, -0.1) is 0 Å². The number of hydrogen-bond donors (Lipinski definition) is 0. The van der Waals surface area contributed by atoms with Crippen LogP contribution in [0, 0.1) is 6.92 Å². The molecule has 1 aromatic carbocycles. The fraction of sp³-hybridized carbons (Fsp3) is 0.0909. The lowest BCUT2D eigenvalue weighted by molar-refractivity contribution is 1.05. The van der Waals surface area contributed by atoms with E-state index in [1.54, 1.807) is 30.4 Å². The molecule has 2 rings (SSSR count). The molecule has 14 heavy (non-hydrogen) atoms. The molecular weight excluding hydrogens is 192 g/mol. The first-order valence-electron chi connectivity index (χ1n) is 4.35. The molecule has 0 atom stereocenters. The van der Waals surface area contributed by atoms with Gasteiger partial charge in [0, 0.05) is 17.3 Å². The standard InChI is InChI=1S/C11H10N2S/c1-9-2-4-10(5-3-9)14-11-8-12-6-7-13-11/h2-8H,1H3. The summed E-state index contributed by atoms with van der Waals surface area (Å²) in [4.78, 5) is 9.40. The first kappa shape index (κ1) is 9.21. The van der Waals surface area contributed by atoms with Gasteiger partial charge in [0.1, 0.15) is 5.03 Å².